The first-order chi connectivity index (χ1) is 16.2. The third kappa shape index (κ3) is 3.44. The molecule has 3 heterocycles. The van der Waals surface area contributed by atoms with E-state index in [1.807, 2.05) is 30.3 Å². The number of alkyl halides is 3. The van der Waals surface area contributed by atoms with Crippen molar-refractivity contribution in [3.8, 4) is 28.3 Å². The van der Waals surface area contributed by atoms with E-state index in [1.54, 1.807) is 17.9 Å². The van der Waals surface area contributed by atoms with Crippen LogP contribution in [0.4, 0.5) is 19.0 Å². The van der Waals surface area contributed by atoms with Crippen molar-refractivity contribution in [2.24, 2.45) is 12.5 Å². The van der Waals surface area contributed by atoms with Crippen LogP contribution < -0.4 is 10.1 Å². The molecule has 4 aromatic rings. The summed E-state index contributed by atoms with van der Waals surface area (Å²) in [5.41, 5.74) is 1.05. The topological polar surface area (TPSA) is 94.8 Å². The summed E-state index contributed by atoms with van der Waals surface area (Å²) < 4.78 is 47.3. The van der Waals surface area contributed by atoms with Crippen molar-refractivity contribution in [3.05, 3.63) is 48.9 Å². The largest absolute Gasteiger partial charge is 0.493 e. The van der Waals surface area contributed by atoms with Gasteiger partial charge in [-0.3, -0.25) is 9.48 Å². The normalized spacial score (nSPS) is 14.7. The minimum Gasteiger partial charge on any atom is -0.493 e. The van der Waals surface area contributed by atoms with E-state index in [2.05, 4.69) is 25.4 Å². The third-order valence-electron chi connectivity index (χ3n) is 6.00. The molecule has 1 aliphatic carbocycles. The summed E-state index contributed by atoms with van der Waals surface area (Å²) in [6, 6.07) is 11.1. The molecule has 5 rings (SSSR count). The predicted molar refractivity (Wildman–Crippen MR) is 118 cm³/mol. The maximum absolute atomic E-state index is 13.4. The maximum atomic E-state index is 13.4. The number of fused-ring (bicyclic) bond motifs is 1. The molecule has 1 amide bonds. The quantitative estimate of drug-likeness (QED) is 0.467. The Labute approximate surface area is 191 Å². The third-order valence-corrected chi connectivity index (χ3v) is 6.00. The highest BCUT2D eigenvalue weighted by atomic mass is 19.4. The number of pyridine rings is 1. The number of hydrogen-bond donors (Lipinski definition) is 1. The highest BCUT2D eigenvalue weighted by Crippen LogP contribution is 2.58. The summed E-state index contributed by atoms with van der Waals surface area (Å²) in [5.74, 6) is -1.19. The molecule has 1 N–H and O–H groups in total. The lowest BCUT2D eigenvalue weighted by molar-refractivity contribution is -0.189. The Balaban J connectivity index is 1.64. The van der Waals surface area contributed by atoms with Crippen LogP contribution in [0.15, 0.2) is 48.9 Å². The number of amides is 1. The van der Waals surface area contributed by atoms with Gasteiger partial charge >= 0.3 is 6.18 Å². The molecule has 0 saturated heterocycles. The SMILES string of the molecule is COc1cc2ncnc(-c3cnn(C)c3-c3ccccc3)c2nc1NC(=O)C1(C(F)(F)F)CC1. The van der Waals surface area contributed by atoms with Crippen molar-refractivity contribution < 1.29 is 22.7 Å². The van der Waals surface area contributed by atoms with Crippen LogP contribution in [0.5, 0.6) is 5.75 Å². The summed E-state index contributed by atoms with van der Waals surface area (Å²) in [5, 5.41) is 6.68. The van der Waals surface area contributed by atoms with Gasteiger partial charge in [0, 0.05) is 24.2 Å². The number of anilines is 1. The zero-order chi connectivity index (χ0) is 24.1. The second kappa shape index (κ2) is 7.79. The van der Waals surface area contributed by atoms with Crippen LogP contribution in [0.3, 0.4) is 0 Å². The van der Waals surface area contributed by atoms with Gasteiger partial charge in [0.1, 0.15) is 23.0 Å². The van der Waals surface area contributed by atoms with E-state index in [4.69, 9.17) is 4.74 Å². The summed E-state index contributed by atoms with van der Waals surface area (Å²) in [6.07, 6.45) is -2.17. The molecule has 0 atom stereocenters. The minimum atomic E-state index is -4.64. The van der Waals surface area contributed by atoms with E-state index < -0.39 is 17.5 Å². The molecule has 34 heavy (non-hydrogen) atoms. The molecule has 0 radical (unpaired) electrons. The number of nitrogens with zero attached hydrogens (tertiary/aromatic N) is 5. The maximum Gasteiger partial charge on any atom is 0.403 e. The van der Waals surface area contributed by atoms with Crippen LogP contribution in [0, 0.1) is 5.41 Å². The molecule has 3 aromatic heterocycles. The molecule has 0 bridgehead atoms. The zero-order valence-corrected chi connectivity index (χ0v) is 18.2. The first kappa shape index (κ1) is 21.8. The number of halogens is 3. The van der Waals surface area contributed by atoms with Crippen LogP contribution in [0.1, 0.15) is 12.8 Å². The van der Waals surface area contributed by atoms with Gasteiger partial charge in [0.15, 0.2) is 11.6 Å². The van der Waals surface area contributed by atoms with Gasteiger partial charge in [0.25, 0.3) is 0 Å². The van der Waals surface area contributed by atoms with Gasteiger partial charge in [-0.25, -0.2) is 15.0 Å². The van der Waals surface area contributed by atoms with E-state index in [1.165, 1.54) is 19.5 Å². The number of aryl methyl sites for hydroxylation is 1. The molecule has 11 heteroatoms. The molecule has 1 fully saturated rings. The lowest BCUT2D eigenvalue weighted by Gasteiger charge is -2.19. The fourth-order valence-corrected chi connectivity index (χ4v) is 3.95. The Morgan fingerprint density at radius 3 is 2.56 bits per heavy atom. The number of aromatic nitrogens is 5. The molecule has 1 aliphatic rings. The number of rotatable bonds is 5. The van der Waals surface area contributed by atoms with Crippen LogP contribution in [-0.2, 0) is 11.8 Å². The van der Waals surface area contributed by atoms with Crippen molar-refractivity contribution in [3.63, 3.8) is 0 Å². The van der Waals surface area contributed by atoms with E-state index in [0.717, 1.165) is 11.3 Å². The molecule has 0 spiro atoms. The zero-order valence-electron chi connectivity index (χ0n) is 18.2. The number of carbonyl (C=O) groups is 1. The molecule has 1 aromatic carbocycles. The summed E-state index contributed by atoms with van der Waals surface area (Å²) in [7, 11) is 3.13. The molecule has 0 aliphatic heterocycles. The van der Waals surface area contributed by atoms with Crippen LogP contribution in [-0.4, -0.2) is 43.9 Å². The smallest absolute Gasteiger partial charge is 0.403 e. The van der Waals surface area contributed by atoms with E-state index in [0.29, 0.717) is 22.3 Å². The number of carbonyl (C=O) groups excluding carboxylic acids is 1. The van der Waals surface area contributed by atoms with Gasteiger partial charge < -0.3 is 10.1 Å². The highest BCUT2D eigenvalue weighted by molar-refractivity contribution is 6.00. The van der Waals surface area contributed by atoms with Crippen LogP contribution in [0.2, 0.25) is 0 Å². The number of benzene rings is 1. The molecule has 8 nitrogen and oxygen atoms in total. The van der Waals surface area contributed by atoms with Crippen molar-refractivity contribution in [2.75, 3.05) is 12.4 Å². The van der Waals surface area contributed by atoms with Gasteiger partial charge in [0.05, 0.1) is 24.5 Å². The standard InChI is InChI=1S/C23H19F3N6O2/c1-32-19(13-6-4-3-5-7-13)14(11-29-32)17-18-15(27-12-28-17)10-16(34-2)20(30-18)31-21(33)22(8-9-22)23(24,25)26/h3-7,10-12H,8-9H2,1-2H3,(H,30,31,33). The van der Waals surface area contributed by atoms with E-state index in [9.17, 15) is 18.0 Å². The lowest BCUT2D eigenvalue weighted by atomic mass is 10.0. The van der Waals surface area contributed by atoms with Gasteiger partial charge in [0.2, 0.25) is 5.91 Å². The Kier molecular flexibility index (Phi) is 4.99. The van der Waals surface area contributed by atoms with Crippen molar-refractivity contribution in [2.45, 2.75) is 19.0 Å². The predicted octanol–water partition coefficient (Wildman–Crippen LogP) is 4.38. The highest BCUT2D eigenvalue weighted by Gasteiger charge is 2.68. The first-order valence-electron chi connectivity index (χ1n) is 10.4. The Morgan fingerprint density at radius 1 is 1.18 bits per heavy atom. The monoisotopic (exact) mass is 468 g/mol. The van der Waals surface area contributed by atoms with Gasteiger partial charge in [-0.05, 0) is 12.8 Å². The lowest BCUT2D eigenvalue weighted by Crippen LogP contribution is -2.37. The van der Waals surface area contributed by atoms with Gasteiger partial charge in [-0.15, -0.1) is 0 Å². The van der Waals surface area contributed by atoms with E-state index >= 15 is 0 Å². The minimum absolute atomic E-state index is 0.0953. The van der Waals surface area contributed by atoms with Gasteiger partial charge in [-0.1, -0.05) is 30.3 Å². The Bertz CT molecular complexity index is 1400. The second-order valence-corrected chi connectivity index (χ2v) is 8.06. The van der Waals surface area contributed by atoms with E-state index in [-0.39, 0.29) is 24.4 Å². The number of methoxy groups -OCH3 is 1. The number of ether oxygens (including phenoxy) is 1. The average Bonchev–Trinajstić information content (AvgIpc) is 3.57. The molecule has 174 valence electrons. The Hall–Kier alpha value is -4.02. The van der Waals surface area contributed by atoms with Crippen molar-refractivity contribution in [1.82, 2.24) is 24.7 Å². The first-order valence-corrected chi connectivity index (χ1v) is 10.4. The number of nitrogens with one attached hydrogen (secondary N) is 1. The Morgan fingerprint density at radius 2 is 1.91 bits per heavy atom. The van der Waals surface area contributed by atoms with Crippen molar-refractivity contribution in [1.29, 1.82) is 0 Å². The number of hydrogen-bond acceptors (Lipinski definition) is 6. The average molecular weight is 468 g/mol. The fourth-order valence-electron chi connectivity index (χ4n) is 3.95. The summed E-state index contributed by atoms with van der Waals surface area (Å²) in [6.45, 7) is 0. The van der Waals surface area contributed by atoms with Gasteiger partial charge in [-0.2, -0.15) is 18.3 Å². The summed E-state index contributed by atoms with van der Waals surface area (Å²) >= 11 is 0. The molecular formula is C23H19F3N6O2. The fraction of sp³-hybridized carbons (Fsp3) is 0.261. The second-order valence-electron chi connectivity index (χ2n) is 8.06. The molecule has 1 saturated carbocycles. The molecular weight excluding hydrogens is 449 g/mol. The summed E-state index contributed by atoms with van der Waals surface area (Å²) in [4.78, 5) is 25.6. The van der Waals surface area contributed by atoms with Crippen LogP contribution >= 0.6 is 0 Å². The van der Waals surface area contributed by atoms with Crippen molar-refractivity contribution >= 4 is 22.8 Å². The van der Waals surface area contributed by atoms with Crippen LogP contribution in [0.25, 0.3) is 33.5 Å². The molecule has 0 unspecified atom stereocenters.